The molecule has 3 saturated heterocycles. The number of nitrogens with two attached hydrogens (primary N) is 1. The van der Waals surface area contributed by atoms with E-state index in [9.17, 15) is 24.0 Å². The molecule has 0 radical (unpaired) electrons. The zero-order valence-electron chi connectivity index (χ0n) is 37.1. The summed E-state index contributed by atoms with van der Waals surface area (Å²) < 4.78 is 21.5. The fourth-order valence-electron chi connectivity index (χ4n) is 6.86. The summed E-state index contributed by atoms with van der Waals surface area (Å²) in [5.41, 5.74) is 5.81. The van der Waals surface area contributed by atoms with Gasteiger partial charge in [0.25, 0.3) is 0 Å². The normalized spacial score (nSPS) is 19.2. The number of H-pyrrole nitrogens is 1. The van der Waals surface area contributed by atoms with E-state index in [-0.39, 0.29) is 44.3 Å². The number of carbonyl (C=O) groups is 5. The van der Waals surface area contributed by atoms with Crippen LogP contribution >= 0.6 is 0 Å². The zero-order valence-corrected chi connectivity index (χ0v) is 37.1. The van der Waals surface area contributed by atoms with Gasteiger partial charge in [-0.3, -0.25) is 24.6 Å². The summed E-state index contributed by atoms with van der Waals surface area (Å²) in [5, 5.41) is 15.4. The molecule has 3 fully saturated rings. The minimum Gasteiger partial charge on any atom is -0.459 e. The zero-order chi connectivity index (χ0) is 44.7. The number of hydrogen-bond donors (Lipinski definition) is 2. The average molecular weight is 854 g/mol. The van der Waals surface area contributed by atoms with Crippen LogP contribution in [0.3, 0.4) is 0 Å². The summed E-state index contributed by atoms with van der Waals surface area (Å²) >= 11 is 0. The Morgan fingerprint density at radius 2 is 1.18 bits per heavy atom. The van der Waals surface area contributed by atoms with Gasteiger partial charge in [0.1, 0.15) is 35.3 Å². The lowest BCUT2D eigenvalue weighted by atomic mass is 9.97. The van der Waals surface area contributed by atoms with Gasteiger partial charge in [-0.05, 0) is 126 Å². The molecule has 0 aliphatic carbocycles. The Kier molecular flexibility index (Phi) is 20.1. The molecule has 3 aliphatic rings. The Hall–Kier alpha value is -5.33. The molecule has 0 unspecified atom stereocenters. The van der Waals surface area contributed by atoms with Gasteiger partial charge >= 0.3 is 24.2 Å². The van der Waals surface area contributed by atoms with Gasteiger partial charge in [-0.1, -0.05) is 37.8 Å². The molecule has 1 aromatic carbocycles. The van der Waals surface area contributed by atoms with E-state index in [4.69, 9.17) is 29.9 Å². The van der Waals surface area contributed by atoms with Gasteiger partial charge in [0.05, 0.1) is 30.3 Å². The number of rotatable bonds is 6. The number of ketones is 1. The third-order valence-corrected chi connectivity index (χ3v) is 9.49. The molecule has 5 rings (SSSR count). The van der Waals surface area contributed by atoms with Gasteiger partial charge < -0.3 is 24.7 Å². The first-order valence-electron chi connectivity index (χ1n) is 21.0. The van der Waals surface area contributed by atoms with Gasteiger partial charge in [-0.2, -0.15) is 10.4 Å². The number of aromatic nitrogens is 2. The summed E-state index contributed by atoms with van der Waals surface area (Å²) in [6.07, 6.45) is 6.46. The lowest BCUT2D eigenvalue weighted by Gasteiger charge is -2.36. The standard InChI is InChI=1S/C18H25NO4.C13H22N4O2.C13H20N2O3.CH4/c1-18(2,3)23-17(21)19-12-8-7-11-15(19)16(20)22-13-14-9-5-4-6-10-14;1-13(2,3)19-12(18)17-7-5-4-6-10(17)9-8-11(14)16-15-9;1-13(2,3)18-12(17)15-9-5-4-6-10(15)11(16)7-8-14;/h4-6,9-10,15H,7-8,11-13H2,1-3H3;8,10H,4-7H2,1-3H3,(H3,14,15,16);10H,4-7,9H2,1-3H3;1H4/t15-;2*10-;/m111./s1. The van der Waals surface area contributed by atoms with Crippen molar-refractivity contribution in [3.05, 3.63) is 47.7 Å². The number of aromatic amines is 1. The van der Waals surface area contributed by atoms with E-state index in [0.29, 0.717) is 38.3 Å². The van der Waals surface area contributed by atoms with Crippen LogP contribution in [0.2, 0.25) is 0 Å². The monoisotopic (exact) mass is 854 g/mol. The van der Waals surface area contributed by atoms with E-state index in [0.717, 1.165) is 56.2 Å². The Balaban J connectivity index is 0.000000315. The van der Waals surface area contributed by atoms with Crippen LogP contribution in [0.15, 0.2) is 36.4 Å². The van der Waals surface area contributed by atoms with Crippen molar-refractivity contribution >= 4 is 35.9 Å². The topological polar surface area (TPSA) is 210 Å². The number of hydrogen-bond acceptors (Lipinski definition) is 12. The molecule has 3 aliphatic heterocycles. The Morgan fingerprint density at radius 1 is 0.721 bits per heavy atom. The summed E-state index contributed by atoms with van der Waals surface area (Å²) in [5.74, 6) is -0.104. The van der Waals surface area contributed by atoms with Gasteiger partial charge in [-0.25, -0.2) is 19.2 Å². The highest BCUT2D eigenvalue weighted by Gasteiger charge is 2.37. The molecule has 0 bridgehead atoms. The minimum atomic E-state index is -0.576. The Bertz CT molecular complexity index is 1760. The van der Waals surface area contributed by atoms with Crippen molar-refractivity contribution in [3.63, 3.8) is 0 Å². The number of amides is 3. The third-order valence-electron chi connectivity index (χ3n) is 9.49. The van der Waals surface area contributed by atoms with Crippen molar-refractivity contribution in [2.75, 3.05) is 25.4 Å². The van der Waals surface area contributed by atoms with Crippen molar-refractivity contribution in [3.8, 4) is 6.07 Å². The second-order valence-corrected chi connectivity index (χ2v) is 18.2. The number of Topliss-reactive ketones (excluding diaryl/α,β-unsaturated/α-hetero) is 1. The van der Waals surface area contributed by atoms with Crippen molar-refractivity contribution in [1.82, 2.24) is 24.9 Å². The number of anilines is 1. The van der Waals surface area contributed by atoms with E-state index in [2.05, 4.69) is 10.2 Å². The maximum Gasteiger partial charge on any atom is 0.411 e. The van der Waals surface area contributed by atoms with Crippen molar-refractivity contribution in [2.45, 2.75) is 175 Å². The maximum absolute atomic E-state index is 12.4. The maximum atomic E-state index is 12.4. The number of carbonyl (C=O) groups excluding carboxylic acids is 5. The molecule has 16 nitrogen and oxygen atoms in total. The van der Waals surface area contributed by atoms with Crippen LogP contribution in [0, 0.1) is 11.3 Å². The first-order valence-corrected chi connectivity index (χ1v) is 21.0. The van der Waals surface area contributed by atoms with E-state index in [1.54, 1.807) is 31.7 Å². The molecule has 0 spiro atoms. The highest BCUT2D eigenvalue weighted by molar-refractivity contribution is 5.89. The fraction of sp³-hybridized carbons (Fsp3) is 0.667. The summed E-state index contributed by atoms with van der Waals surface area (Å²) in [7, 11) is 0. The van der Waals surface area contributed by atoms with Crippen LogP contribution in [-0.4, -0.2) is 103 Å². The lowest BCUT2D eigenvalue weighted by molar-refractivity contribution is -0.152. The molecule has 3 N–H and O–H groups in total. The average Bonchev–Trinajstić information content (AvgIpc) is 3.62. The first kappa shape index (κ1) is 51.8. The minimum absolute atomic E-state index is 0. The van der Waals surface area contributed by atoms with Crippen LogP contribution in [0.5, 0.6) is 0 Å². The molecule has 0 saturated carbocycles. The van der Waals surface area contributed by atoms with Crippen LogP contribution in [0.1, 0.15) is 151 Å². The van der Waals surface area contributed by atoms with Crippen LogP contribution in [0.4, 0.5) is 20.2 Å². The van der Waals surface area contributed by atoms with Crippen LogP contribution in [0.25, 0.3) is 0 Å². The molecule has 340 valence electrons. The molecule has 1 aromatic heterocycles. The largest absolute Gasteiger partial charge is 0.459 e. The predicted molar refractivity (Wildman–Crippen MR) is 232 cm³/mol. The number of nitriles is 1. The van der Waals surface area contributed by atoms with Gasteiger partial charge in [-0.15, -0.1) is 0 Å². The van der Waals surface area contributed by atoms with Crippen molar-refractivity contribution < 1.29 is 42.9 Å². The number of nitrogen functional groups attached to an aromatic ring is 1. The molecule has 61 heavy (non-hydrogen) atoms. The highest BCUT2D eigenvalue weighted by Crippen LogP contribution is 2.32. The SMILES string of the molecule is C.CC(C)(C)OC(=O)N1CCCC[C@@H]1C(=O)CC#N.CC(C)(C)OC(=O)N1CCCC[C@@H]1C(=O)OCc1ccccc1.CC(C)(C)OC(=O)N1CCCC[C@@H]1c1cc(N)n[nH]1. The van der Waals surface area contributed by atoms with E-state index in [1.807, 2.05) is 77.9 Å². The summed E-state index contributed by atoms with van der Waals surface area (Å²) in [6.45, 7) is 18.4. The molecule has 4 heterocycles. The van der Waals surface area contributed by atoms with E-state index in [1.165, 1.54) is 9.80 Å². The predicted octanol–water partition coefficient (Wildman–Crippen LogP) is 8.87. The smallest absolute Gasteiger partial charge is 0.411 e. The number of likely N-dealkylation sites (tertiary alicyclic amines) is 3. The van der Waals surface area contributed by atoms with Crippen LogP contribution in [-0.2, 0) is 35.1 Å². The van der Waals surface area contributed by atoms with E-state index < -0.39 is 41.1 Å². The molecule has 3 atom stereocenters. The second-order valence-electron chi connectivity index (χ2n) is 18.2. The second kappa shape index (κ2) is 23.6. The molecule has 2 aromatic rings. The lowest BCUT2D eigenvalue weighted by Crippen LogP contribution is -2.50. The van der Waals surface area contributed by atoms with Gasteiger partial charge in [0.2, 0.25) is 0 Å². The van der Waals surface area contributed by atoms with Crippen LogP contribution < -0.4 is 5.73 Å². The molecular formula is C45H71N7O9. The Morgan fingerprint density at radius 3 is 1.66 bits per heavy atom. The number of ether oxygens (including phenoxy) is 4. The molecular weight excluding hydrogens is 783 g/mol. The first-order chi connectivity index (χ1) is 28.1. The van der Waals surface area contributed by atoms with E-state index >= 15 is 0 Å². The highest BCUT2D eigenvalue weighted by atomic mass is 16.6. The number of benzene rings is 1. The number of nitrogens with one attached hydrogen (secondary N) is 1. The number of esters is 1. The van der Waals surface area contributed by atoms with Crippen molar-refractivity contribution in [2.24, 2.45) is 0 Å². The molecule has 3 amide bonds. The van der Waals surface area contributed by atoms with Gasteiger partial charge in [0, 0.05) is 25.7 Å². The fourth-order valence-corrected chi connectivity index (χ4v) is 6.86. The molecule has 16 heteroatoms. The quantitative estimate of drug-likeness (QED) is 0.206. The van der Waals surface area contributed by atoms with Gasteiger partial charge in [0.15, 0.2) is 5.78 Å². The number of nitrogens with zero attached hydrogens (tertiary/aromatic N) is 5. The summed E-state index contributed by atoms with van der Waals surface area (Å²) in [6, 6.07) is 12.1. The van der Waals surface area contributed by atoms with Crippen molar-refractivity contribution in [1.29, 1.82) is 5.26 Å². The summed E-state index contributed by atoms with van der Waals surface area (Å²) in [4.78, 5) is 65.5. The Labute approximate surface area is 362 Å². The third kappa shape index (κ3) is 18.0. The number of piperidine rings is 3.